The van der Waals surface area contributed by atoms with E-state index in [9.17, 15) is 18.0 Å². The van der Waals surface area contributed by atoms with E-state index >= 15 is 0 Å². The first-order valence-corrected chi connectivity index (χ1v) is 4.06. The molecular weight excluding hydrogens is 201 g/mol. The lowest BCUT2D eigenvalue weighted by molar-refractivity contribution is -0.202. The molecule has 0 saturated carbocycles. The predicted molar refractivity (Wildman–Crippen MR) is 43.3 cm³/mol. The van der Waals surface area contributed by atoms with Crippen molar-refractivity contribution in [2.24, 2.45) is 5.73 Å². The number of rotatable bonds is 5. The van der Waals surface area contributed by atoms with Gasteiger partial charge >= 0.3 is 6.18 Å². The second kappa shape index (κ2) is 5.16. The summed E-state index contributed by atoms with van der Waals surface area (Å²) in [6, 6.07) is -0.841. The van der Waals surface area contributed by atoms with Gasteiger partial charge in [0.05, 0.1) is 6.04 Å². The summed E-state index contributed by atoms with van der Waals surface area (Å²) >= 11 is 0. The summed E-state index contributed by atoms with van der Waals surface area (Å²) in [4.78, 5) is 10.6. The Kier molecular flexibility index (Phi) is 4.86. The van der Waals surface area contributed by atoms with E-state index < -0.39 is 30.8 Å². The number of amides is 1. The molecule has 0 rings (SSSR count). The van der Waals surface area contributed by atoms with Gasteiger partial charge in [-0.05, 0) is 6.42 Å². The van der Waals surface area contributed by atoms with Crippen LogP contribution in [-0.2, 0) is 4.79 Å². The molecule has 0 heterocycles. The minimum absolute atomic E-state index is 0.278. The van der Waals surface area contributed by atoms with Crippen LogP contribution < -0.4 is 11.1 Å². The van der Waals surface area contributed by atoms with Crippen LogP contribution in [0.5, 0.6) is 0 Å². The predicted octanol–water partition coefficient (Wildman–Crippen LogP) is -0.237. The molecule has 7 heteroatoms. The van der Waals surface area contributed by atoms with Gasteiger partial charge in [0.1, 0.15) is 0 Å². The molecule has 1 amide bonds. The first-order chi connectivity index (χ1) is 6.29. The highest BCUT2D eigenvalue weighted by Crippen LogP contribution is 2.19. The Balaban J connectivity index is 3.98. The lowest BCUT2D eigenvalue weighted by Gasteiger charge is -2.18. The average Bonchev–Trinajstić information content (AvgIpc) is 2.02. The number of nitrogens with two attached hydrogens (primary N) is 1. The maximum absolute atomic E-state index is 11.8. The fourth-order valence-electron chi connectivity index (χ4n) is 0.816. The Morgan fingerprint density at radius 2 is 2.07 bits per heavy atom. The number of aliphatic hydroxyl groups is 1. The number of nitrogens with one attached hydrogen (secondary N) is 1. The number of halogens is 3. The molecule has 0 aromatic heterocycles. The number of carbonyl (C=O) groups excluding carboxylic acids is 1. The summed E-state index contributed by atoms with van der Waals surface area (Å²) in [6.07, 6.45) is -6.88. The van der Waals surface area contributed by atoms with Crippen molar-refractivity contribution in [1.29, 1.82) is 0 Å². The highest BCUT2D eigenvalue weighted by Gasteiger charge is 2.38. The second-order valence-electron chi connectivity index (χ2n) is 2.83. The van der Waals surface area contributed by atoms with Gasteiger partial charge in [-0.2, -0.15) is 13.2 Å². The van der Waals surface area contributed by atoms with Gasteiger partial charge in [-0.15, -0.1) is 0 Å². The van der Waals surface area contributed by atoms with Gasteiger partial charge in [0, 0.05) is 6.54 Å². The Bertz CT molecular complexity index is 196. The van der Waals surface area contributed by atoms with Gasteiger partial charge in [-0.3, -0.25) is 4.79 Å². The molecule has 0 aliphatic rings. The second-order valence-corrected chi connectivity index (χ2v) is 2.83. The largest absolute Gasteiger partial charge is 0.415 e. The molecule has 84 valence electrons. The molecule has 0 aliphatic heterocycles. The van der Waals surface area contributed by atoms with Crippen molar-refractivity contribution < 1.29 is 23.1 Å². The monoisotopic (exact) mass is 214 g/mol. The van der Waals surface area contributed by atoms with Gasteiger partial charge in [0.15, 0.2) is 6.10 Å². The van der Waals surface area contributed by atoms with Crippen LogP contribution in [0.25, 0.3) is 0 Å². The third-order valence-corrected chi connectivity index (χ3v) is 1.69. The Morgan fingerprint density at radius 3 is 2.36 bits per heavy atom. The number of carbonyl (C=O) groups is 1. The first kappa shape index (κ1) is 13.2. The third-order valence-electron chi connectivity index (χ3n) is 1.69. The van der Waals surface area contributed by atoms with Crippen LogP contribution in [0.2, 0.25) is 0 Å². The smallest absolute Gasteiger partial charge is 0.382 e. The van der Waals surface area contributed by atoms with Crippen molar-refractivity contribution in [3.63, 3.8) is 0 Å². The number of hydrogen-bond acceptors (Lipinski definition) is 3. The average molecular weight is 214 g/mol. The van der Waals surface area contributed by atoms with Gasteiger partial charge in [-0.25, -0.2) is 0 Å². The van der Waals surface area contributed by atoms with Crippen LogP contribution in [0, 0.1) is 0 Å². The summed E-state index contributed by atoms with van der Waals surface area (Å²) in [7, 11) is 0. The molecular formula is C7H13F3N2O2. The van der Waals surface area contributed by atoms with Crippen LogP contribution in [-0.4, -0.2) is 35.9 Å². The molecule has 0 bridgehead atoms. The molecule has 14 heavy (non-hydrogen) atoms. The summed E-state index contributed by atoms with van der Waals surface area (Å²) in [5, 5.41) is 10.8. The maximum Gasteiger partial charge on any atom is 0.415 e. The van der Waals surface area contributed by atoms with Crippen molar-refractivity contribution in [2.45, 2.75) is 31.7 Å². The molecule has 0 aromatic rings. The van der Waals surface area contributed by atoms with Crippen LogP contribution in [0.15, 0.2) is 0 Å². The topological polar surface area (TPSA) is 75.3 Å². The van der Waals surface area contributed by atoms with E-state index in [4.69, 9.17) is 10.8 Å². The van der Waals surface area contributed by atoms with E-state index in [1.807, 2.05) is 0 Å². The fraction of sp³-hybridized carbons (Fsp3) is 0.857. The normalized spacial score (nSPS) is 16.4. The number of aliphatic hydroxyl groups excluding tert-OH is 1. The highest BCUT2D eigenvalue weighted by molar-refractivity contribution is 5.79. The van der Waals surface area contributed by atoms with Crippen LogP contribution in [0.4, 0.5) is 13.2 Å². The molecule has 4 nitrogen and oxygen atoms in total. The Hall–Kier alpha value is -0.820. The quantitative estimate of drug-likeness (QED) is 0.591. The first-order valence-electron chi connectivity index (χ1n) is 4.06. The summed E-state index contributed by atoms with van der Waals surface area (Å²) in [5.41, 5.74) is 4.88. The van der Waals surface area contributed by atoms with Gasteiger partial charge in [0.2, 0.25) is 5.91 Å². The van der Waals surface area contributed by atoms with E-state index in [0.29, 0.717) is 0 Å². The zero-order chi connectivity index (χ0) is 11.4. The molecule has 2 atom stereocenters. The molecule has 0 saturated heterocycles. The van der Waals surface area contributed by atoms with Crippen LogP contribution in [0.3, 0.4) is 0 Å². The van der Waals surface area contributed by atoms with E-state index in [1.165, 1.54) is 0 Å². The van der Waals surface area contributed by atoms with Gasteiger partial charge < -0.3 is 16.2 Å². The van der Waals surface area contributed by atoms with Crippen LogP contribution >= 0.6 is 0 Å². The van der Waals surface area contributed by atoms with Crippen molar-refractivity contribution in [2.75, 3.05) is 6.54 Å². The molecule has 0 aliphatic carbocycles. The number of hydrogen-bond donors (Lipinski definition) is 3. The molecule has 0 spiro atoms. The molecule has 0 aromatic carbocycles. The SMILES string of the molecule is CCC(NCC(O)C(F)(F)F)C(N)=O. The molecule has 4 N–H and O–H groups in total. The Labute approximate surface area is 79.3 Å². The van der Waals surface area contributed by atoms with Gasteiger partial charge in [-0.1, -0.05) is 6.92 Å². The van der Waals surface area contributed by atoms with Gasteiger partial charge in [0.25, 0.3) is 0 Å². The standard InChI is InChI=1S/C7H13F3N2O2/c1-2-4(6(11)14)12-3-5(13)7(8,9)10/h4-5,12-13H,2-3H2,1H3,(H2,11,14). The Morgan fingerprint density at radius 1 is 1.57 bits per heavy atom. The van der Waals surface area contributed by atoms with E-state index in [1.54, 1.807) is 6.92 Å². The lowest BCUT2D eigenvalue weighted by Crippen LogP contribution is -2.47. The fourth-order valence-corrected chi connectivity index (χ4v) is 0.816. The molecule has 2 unspecified atom stereocenters. The third kappa shape index (κ3) is 4.43. The lowest BCUT2D eigenvalue weighted by atomic mass is 10.2. The van der Waals surface area contributed by atoms with Crippen molar-refractivity contribution in [3.05, 3.63) is 0 Å². The zero-order valence-electron chi connectivity index (χ0n) is 7.64. The summed E-state index contributed by atoms with van der Waals surface area (Å²) in [6.45, 7) is 0.868. The number of primary amides is 1. The van der Waals surface area contributed by atoms with Crippen LogP contribution in [0.1, 0.15) is 13.3 Å². The molecule has 0 radical (unpaired) electrons. The summed E-state index contributed by atoms with van der Waals surface area (Å²) in [5.74, 6) is -0.734. The zero-order valence-corrected chi connectivity index (χ0v) is 7.64. The maximum atomic E-state index is 11.8. The molecule has 0 fully saturated rings. The number of alkyl halides is 3. The van der Waals surface area contributed by atoms with Crippen molar-refractivity contribution >= 4 is 5.91 Å². The highest BCUT2D eigenvalue weighted by atomic mass is 19.4. The minimum Gasteiger partial charge on any atom is -0.382 e. The minimum atomic E-state index is -4.68. The van der Waals surface area contributed by atoms with E-state index in [-0.39, 0.29) is 6.42 Å². The van der Waals surface area contributed by atoms with E-state index in [0.717, 1.165) is 0 Å². The van der Waals surface area contributed by atoms with Crippen molar-refractivity contribution in [1.82, 2.24) is 5.32 Å². The van der Waals surface area contributed by atoms with Crippen molar-refractivity contribution in [3.8, 4) is 0 Å². The summed E-state index contributed by atoms with van der Waals surface area (Å²) < 4.78 is 35.4. The van der Waals surface area contributed by atoms with E-state index in [2.05, 4.69) is 5.32 Å².